The van der Waals surface area contributed by atoms with Crippen LogP contribution >= 0.6 is 0 Å². The van der Waals surface area contributed by atoms with Crippen molar-refractivity contribution in [2.75, 3.05) is 0 Å². The number of aryl methyl sites for hydroxylation is 3. The van der Waals surface area contributed by atoms with Crippen molar-refractivity contribution < 1.29 is 4.79 Å². The summed E-state index contributed by atoms with van der Waals surface area (Å²) >= 11 is 0. The van der Waals surface area contributed by atoms with Gasteiger partial charge in [0.2, 0.25) is 0 Å². The lowest BCUT2D eigenvalue weighted by Crippen LogP contribution is -2.04. The summed E-state index contributed by atoms with van der Waals surface area (Å²) in [4.78, 5) is 11.3. The van der Waals surface area contributed by atoms with Crippen LogP contribution in [0.25, 0.3) is 11.3 Å². The molecule has 0 saturated heterocycles. The first kappa shape index (κ1) is 14.5. The normalized spacial score (nSPS) is 11.1. The van der Waals surface area contributed by atoms with Gasteiger partial charge in [0.1, 0.15) is 5.69 Å². The van der Waals surface area contributed by atoms with Gasteiger partial charge in [-0.25, -0.2) is 0 Å². The zero-order valence-electron chi connectivity index (χ0n) is 12.9. The predicted octanol–water partition coefficient (Wildman–Crippen LogP) is 3.94. The third-order valence-electron chi connectivity index (χ3n) is 3.38. The molecule has 1 aromatic heterocycles. The molecule has 0 amide bonds. The highest BCUT2D eigenvalue weighted by molar-refractivity contribution is 5.87. The first-order valence-corrected chi connectivity index (χ1v) is 7.03. The Kier molecular flexibility index (Phi) is 4.07. The standard InChI is InChI=1S/C17H22N2O/c1-11(2)8-19-9-15(10-20)17(18-19)16-13(4)6-12(3)7-14(16)5/h6-7,9-11H,8H2,1-5H3. The van der Waals surface area contributed by atoms with E-state index in [1.54, 1.807) is 0 Å². The quantitative estimate of drug-likeness (QED) is 0.789. The molecule has 2 aromatic rings. The van der Waals surface area contributed by atoms with Gasteiger partial charge in [-0.3, -0.25) is 9.48 Å². The molecular formula is C17H22N2O. The van der Waals surface area contributed by atoms with Gasteiger partial charge in [-0.1, -0.05) is 31.5 Å². The molecule has 0 bridgehead atoms. The van der Waals surface area contributed by atoms with Crippen LogP contribution in [0, 0.1) is 26.7 Å². The van der Waals surface area contributed by atoms with Crippen LogP contribution in [-0.2, 0) is 6.54 Å². The zero-order valence-corrected chi connectivity index (χ0v) is 12.9. The van der Waals surface area contributed by atoms with Crippen molar-refractivity contribution in [3.63, 3.8) is 0 Å². The lowest BCUT2D eigenvalue weighted by atomic mass is 9.96. The number of carbonyl (C=O) groups excluding carboxylic acids is 1. The average molecular weight is 270 g/mol. The van der Waals surface area contributed by atoms with Crippen LogP contribution in [0.5, 0.6) is 0 Å². The number of carbonyl (C=O) groups is 1. The Morgan fingerprint density at radius 2 is 1.80 bits per heavy atom. The van der Waals surface area contributed by atoms with E-state index in [0.29, 0.717) is 11.5 Å². The van der Waals surface area contributed by atoms with Gasteiger partial charge < -0.3 is 0 Å². The number of aldehydes is 1. The maximum absolute atomic E-state index is 11.3. The van der Waals surface area contributed by atoms with E-state index in [9.17, 15) is 4.79 Å². The molecule has 3 nitrogen and oxygen atoms in total. The minimum Gasteiger partial charge on any atom is -0.298 e. The highest BCUT2D eigenvalue weighted by atomic mass is 16.1. The van der Waals surface area contributed by atoms with Crippen LogP contribution in [-0.4, -0.2) is 16.1 Å². The van der Waals surface area contributed by atoms with Gasteiger partial charge in [-0.15, -0.1) is 0 Å². The minimum atomic E-state index is 0.502. The van der Waals surface area contributed by atoms with Crippen molar-refractivity contribution >= 4 is 6.29 Å². The van der Waals surface area contributed by atoms with E-state index in [-0.39, 0.29) is 0 Å². The topological polar surface area (TPSA) is 34.9 Å². The lowest BCUT2D eigenvalue weighted by Gasteiger charge is -2.10. The van der Waals surface area contributed by atoms with Gasteiger partial charge in [0.15, 0.2) is 6.29 Å². The van der Waals surface area contributed by atoms with E-state index in [1.165, 1.54) is 16.7 Å². The fourth-order valence-corrected chi connectivity index (χ4v) is 2.74. The average Bonchev–Trinajstić information content (AvgIpc) is 2.69. The first-order valence-electron chi connectivity index (χ1n) is 7.03. The smallest absolute Gasteiger partial charge is 0.153 e. The molecule has 0 saturated carbocycles. The van der Waals surface area contributed by atoms with E-state index < -0.39 is 0 Å². The van der Waals surface area contributed by atoms with Gasteiger partial charge in [-0.2, -0.15) is 5.10 Å². The third kappa shape index (κ3) is 2.82. The molecular weight excluding hydrogens is 248 g/mol. The Balaban J connectivity index is 2.57. The van der Waals surface area contributed by atoms with E-state index in [4.69, 9.17) is 0 Å². The molecule has 1 heterocycles. The highest BCUT2D eigenvalue weighted by Gasteiger charge is 2.15. The Hall–Kier alpha value is -1.90. The van der Waals surface area contributed by atoms with E-state index >= 15 is 0 Å². The van der Waals surface area contributed by atoms with Crippen LogP contribution < -0.4 is 0 Å². The lowest BCUT2D eigenvalue weighted by molar-refractivity contribution is 0.112. The summed E-state index contributed by atoms with van der Waals surface area (Å²) in [5, 5.41) is 4.63. The Bertz CT molecular complexity index is 615. The molecule has 0 atom stereocenters. The molecule has 0 N–H and O–H groups in total. The summed E-state index contributed by atoms with van der Waals surface area (Å²) in [7, 11) is 0. The maximum Gasteiger partial charge on any atom is 0.153 e. The number of hydrogen-bond acceptors (Lipinski definition) is 2. The van der Waals surface area contributed by atoms with Crippen LogP contribution in [0.15, 0.2) is 18.3 Å². The van der Waals surface area contributed by atoms with Gasteiger partial charge in [0, 0.05) is 18.3 Å². The van der Waals surface area contributed by atoms with Crippen LogP contribution in [0.1, 0.15) is 40.9 Å². The van der Waals surface area contributed by atoms with Crippen molar-refractivity contribution in [2.24, 2.45) is 5.92 Å². The van der Waals surface area contributed by atoms with E-state index in [1.807, 2.05) is 10.9 Å². The molecule has 0 radical (unpaired) electrons. The number of benzene rings is 1. The third-order valence-corrected chi connectivity index (χ3v) is 3.38. The van der Waals surface area contributed by atoms with Crippen LogP contribution in [0.3, 0.4) is 0 Å². The van der Waals surface area contributed by atoms with Crippen molar-refractivity contribution in [3.05, 3.63) is 40.6 Å². The number of nitrogens with zero attached hydrogens (tertiary/aromatic N) is 2. The molecule has 0 aliphatic carbocycles. The second-order valence-electron chi connectivity index (χ2n) is 5.94. The predicted molar refractivity (Wildman–Crippen MR) is 82.1 cm³/mol. The molecule has 2 rings (SSSR count). The molecule has 0 aliphatic rings. The van der Waals surface area contributed by atoms with Gasteiger partial charge in [0.25, 0.3) is 0 Å². The number of rotatable bonds is 4. The summed E-state index contributed by atoms with van der Waals surface area (Å²) in [6, 6.07) is 4.27. The largest absolute Gasteiger partial charge is 0.298 e. The molecule has 3 heteroatoms. The summed E-state index contributed by atoms with van der Waals surface area (Å²) < 4.78 is 1.88. The van der Waals surface area contributed by atoms with Crippen LogP contribution in [0.2, 0.25) is 0 Å². The zero-order chi connectivity index (χ0) is 14.9. The van der Waals surface area contributed by atoms with Crippen molar-refractivity contribution in [1.29, 1.82) is 0 Å². The number of aromatic nitrogens is 2. The van der Waals surface area contributed by atoms with Crippen molar-refractivity contribution in [3.8, 4) is 11.3 Å². The van der Waals surface area contributed by atoms with E-state index in [0.717, 1.165) is 24.1 Å². The molecule has 1 aromatic carbocycles. The minimum absolute atomic E-state index is 0.502. The first-order chi connectivity index (χ1) is 9.42. The summed E-state index contributed by atoms with van der Waals surface area (Å²) in [5.41, 5.74) is 6.12. The monoisotopic (exact) mass is 270 g/mol. The Morgan fingerprint density at radius 1 is 1.20 bits per heavy atom. The summed E-state index contributed by atoms with van der Waals surface area (Å²) in [6.07, 6.45) is 2.75. The van der Waals surface area contributed by atoms with Crippen molar-refractivity contribution in [1.82, 2.24) is 9.78 Å². The Labute approximate surface area is 120 Å². The fourth-order valence-electron chi connectivity index (χ4n) is 2.74. The SMILES string of the molecule is Cc1cc(C)c(-c2nn(CC(C)C)cc2C=O)c(C)c1. The second-order valence-corrected chi connectivity index (χ2v) is 5.94. The number of hydrogen-bond donors (Lipinski definition) is 0. The summed E-state index contributed by atoms with van der Waals surface area (Å²) in [6.45, 7) is 11.3. The van der Waals surface area contributed by atoms with Gasteiger partial charge in [-0.05, 0) is 37.8 Å². The molecule has 0 fully saturated rings. The molecule has 20 heavy (non-hydrogen) atoms. The molecule has 0 unspecified atom stereocenters. The molecule has 0 aliphatic heterocycles. The highest BCUT2D eigenvalue weighted by Crippen LogP contribution is 2.29. The fraction of sp³-hybridized carbons (Fsp3) is 0.412. The van der Waals surface area contributed by atoms with Crippen LogP contribution in [0.4, 0.5) is 0 Å². The Morgan fingerprint density at radius 3 is 2.30 bits per heavy atom. The van der Waals surface area contributed by atoms with Gasteiger partial charge >= 0.3 is 0 Å². The van der Waals surface area contributed by atoms with Gasteiger partial charge in [0.05, 0.1) is 5.56 Å². The summed E-state index contributed by atoms with van der Waals surface area (Å²) in [5.74, 6) is 0.502. The molecule has 106 valence electrons. The second kappa shape index (κ2) is 5.61. The molecule has 0 spiro atoms. The maximum atomic E-state index is 11.3. The van der Waals surface area contributed by atoms with Crippen molar-refractivity contribution in [2.45, 2.75) is 41.2 Å². The van der Waals surface area contributed by atoms with E-state index in [2.05, 4.69) is 51.9 Å².